The van der Waals surface area contributed by atoms with Gasteiger partial charge in [-0.15, -0.1) is 0 Å². The Morgan fingerprint density at radius 2 is 1.18 bits per heavy atom. The number of nitrogens with two attached hydrogens (primary N) is 2. The van der Waals surface area contributed by atoms with Crippen molar-refractivity contribution in [3.63, 3.8) is 0 Å². The maximum Gasteiger partial charge on any atom is 0.133 e. The zero-order valence-electron chi connectivity index (χ0n) is 23.2. The first-order valence-corrected chi connectivity index (χ1v) is 13.4. The van der Waals surface area contributed by atoms with Crippen LogP contribution in [-0.2, 0) is 5.41 Å². The molecule has 5 N–H and O–H groups in total. The summed E-state index contributed by atoms with van der Waals surface area (Å²) < 4.78 is 5.12. The topological polar surface area (TPSA) is 81.0 Å². The van der Waals surface area contributed by atoms with Crippen LogP contribution < -0.4 is 11.5 Å². The van der Waals surface area contributed by atoms with Crippen LogP contribution in [0.25, 0.3) is 43.9 Å². The summed E-state index contributed by atoms with van der Waals surface area (Å²) in [6, 6.07) is 40.7. The van der Waals surface area contributed by atoms with Gasteiger partial charge in [-0.3, -0.25) is 0 Å². The number of aromatic amines is 1. The van der Waals surface area contributed by atoms with Crippen molar-refractivity contribution < 1.29 is 4.42 Å². The largest absolute Gasteiger partial charge is 0.464 e. The standard InChI is InChI=1S/C16H20N2.C12H9N.C8H6O/c1-16(2,3)15-10-13(18)8-9-14(15)11-4-6-12(17)7-5-11;1-3-7-11-9(5-1)10-6-2-4-8-12(10)13-11;1-2-4-8-7(3-1)5-6-9-8/h4-10H,17-18H2,1-3H3;1-8,13H;1-6H. The number of aromatic nitrogens is 1. The third kappa shape index (κ3) is 6.02. The summed E-state index contributed by atoms with van der Waals surface area (Å²) in [6.45, 7) is 6.59. The molecular weight excluding hydrogens is 490 g/mol. The number of para-hydroxylation sites is 3. The Balaban J connectivity index is 0.000000128. The molecule has 5 aromatic carbocycles. The zero-order valence-corrected chi connectivity index (χ0v) is 23.2. The van der Waals surface area contributed by atoms with Crippen molar-refractivity contribution in [3.8, 4) is 11.1 Å². The number of anilines is 2. The molecule has 0 bridgehead atoms. The third-order valence-electron chi connectivity index (χ3n) is 6.85. The molecular formula is C36H35N3O. The lowest BCUT2D eigenvalue weighted by Crippen LogP contribution is -2.13. The van der Waals surface area contributed by atoms with Crippen molar-refractivity contribution in [2.24, 2.45) is 0 Å². The number of rotatable bonds is 1. The van der Waals surface area contributed by atoms with Crippen LogP contribution in [-0.4, -0.2) is 4.98 Å². The van der Waals surface area contributed by atoms with Crippen molar-refractivity contribution in [2.75, 3.05) is 11.5 Å². The summed E-state index contributed by atoms with van der Waals surface area (Å²) in [5.41, 5.74) is 20.3. The van der Waals surface area contributed by atoms with Gasteiger partial charge in [0.2, 0.25) is 0 Å². The van der Waals surface area contributed by atoms with E-state index < -0.39 is 0 Å². The number of hydrogen-bond acceptors (Lipinski definition) is 3. The second-order valence-electron chi connectivity index (χ2n) is 10.9. The molecule has 0 spiro atoms. The SMILES string of the molecule is CC(C)(C)c1cc(N)ccc1-c1ccc(N)cc1.c1ccc2c(c1)[nH]c1ccccc12.c1ccc2occc2c1. The fourth-order valence-electron chi connectivity index (χ4n) is 4.80. The number of benzene rings is 5. The summed E-state index contributed by atoms with van der Waals surface area (Å²) in [5, 5.41) is 3.77. The lowest BCUT2D eigenvalue weighted by atomic mass is 9.81. The van der Waals surface area contributed by atoms with E-state index in [0.717, 1.165) is 22.3 Å². The summed E-state index contributed by atoms with van der Waals surface area (Å²) in [7, 11) is 0. The molecule has 2 heterocycles. The lowest BCUT2D eigenvalue weighted by molar-refractivity contribution is 0.592. The Bertz CT molecular complexity index is 1770. The molecule has 200 valence electrons. The molecule has 40 heavy (non-hydrogen) atoms. The number of nitrogens with one attached hydrogen (secondary N) is 1. The Kier molecular flexibility index (Phi) is 7.61. The van der Waals surface area contributed by atoms with E-state index in [1.807, 2.05) is 48.5 Å². The second kappa shape index (κ2) is 11.4. The highest BCUT2D eigenvalue weighted by molar-refractivity contribution is 6.06. The minimum Gasteiger partial charge on any atom is -0.464 e. The normalized spacial score (nSPS) is 11.1. The second-order valence-corrected chi connectivity index (χ2v) is 10.9. The van der Waals surface area contributed by atoms with Crippen LogP contribution in [0.4, 0.5) is 11.4 Å². The Labute approximate surface area is 235 Å². The molecule has 0 fully saturated rings. The molecule has 0 unspecified atom stereocenters. The van der Waals surface area contributed by atoms with E-state index >= 15 is 0 Å². The Morgan fingerprint density at radius 1 is 0.600 bits per heavy atom. The highest BCUT2D eigenvalue weighted by atomic mass is 16.3. The molecule has 0 atom stereocenters. The molecule has 0 aliphatic carbocycles. The van der Waals surface area contributed by atoms with Gasteiger partial charge in [0, 0.05) is 38.6 Å². The van der Waals surface area contributed by atoms with E-state index in [4.69, 9.17) is 15.9 Å². The monoisotopic (exact) mass is 525 g/mol. The first-order valence-electron chi connectivity index (χ1n) is 13.4. The highest BCUT2D eigenvalue weighted by Crippen LogP contribution is 2.34. The molecule has 0 radical (unpaired) electrons. The Hall–Kier alpha value is -4.96. The van der Waals surface area contributed by atoms with Crippen LogP contribution in [0.1, 0.15) is 26.3 Å². The number of hydrogen-bond donors (Lipinski definition) is 3. The van der Waals surface area contributed by atoms with Crippen molar-refractivity contribution >= 4 is 44.1 Å². The maximum atomic E-state index is 5.91. The van der Waals surface area contributed by atoms with Gasteiger partial charge in [0.25, 0.3) is 0 Å². The average Bonchev–Trinajstić information content (AvgIpc) is 3.59. The van der Waals surface area contributed by atoms with Gasteiger partial charge in [-0.25, -0.2) is 0 Å². The van der Waals surface area contributed by atoms with Gasteiger partial charge in [-0.2, -0.15) is 0 Å². The first kappa shape index (κ1) is 26.6. The number of nitrogen functional groups attached to an aromatic ring is 2. The zero-order chi connectivity index (χ0) is 28.1. The third-order valence-corrected chi connectivity index (χ3v) is 6.85. The van der Waals surface area contributed by atoms with Gasteiger partial charge < -0.3 is 20.9 Å². The summed E-state index contributed by atoms with van der Waals surface area (Å²) in [6.07, 6.45) is 1.70. The molecule has 7 aromatic rings. The molecule has 0 saturated carbocycles. The van der Waals surface area contributed by atoms with Crippen LogP contribution >= 0.6 is 0 Å². The molecule has 0 aliphatic heterocycles. The predicted molar refractivity (Wildman–Crippen MR) is 171 cm³/mol. The minimum atomic E-state index is 0.0616. The molecule has 0 aliphatic rings. The van der Waals surface area contributed by atoms with Crippen LogP contribution in [0.15, 0.2) is 132 Å². The number of fused-ring (bicyclic) bond motifs is 4. The predicted octanol–water partition coefficient (Wildman–Crippen LogP) is 9.57. The fourth-order valence-corrected chi connectivity index (χ4v) is 4.80. The van der Waals surface area contributed by atoms with Crippen molar-refractivity contribution in [1.29, 1.82) is 0 Å². The lowest BCUT2D eigenvalue weighted by Gasteiger charge is -2.23. The molecule has 7 rings (SSSR count). The van der Waals surface area contributed by atoms with Gasteiger partial charge in [-0.1, -0.05) is 93.6 Å². The maximum absolute atomic E-state index is 5.91. The summed E-state index contributed by atoms with van der Waals surface area (Å²) in [5.74, 6) is 0. The van der Waals surface area contributed by atoms with E-state index in [9.17, 15) is 0 Å². The quantitative estimate of drug-likeness (QED) is 0.187. The average molecular weight is 526 g/mol. The van der Waals surface area contributed by atoms with Gasteiger partial charge in [0.05, 0.1) is 6.26 Å². The van der Waals surface area contributed by atoms with E-state index in [0.29, 0.717) is 0 Å². The van der Waals surface area contributed by atoms with E-state index in [2.05, 4.69) is 98.6 Å². The van der Waals surface area contributed by atoms with Crippen LogP contribution in [0, 0.1) is 0 Å². The first-order chi connectivity index (χ1) is 19.3. The Morgan fingerprint density at radius 3 is 1.80 bits per heavy atom. The number of furan rings is 1. The van der Waals surface area contributed by atoms with Crippen LogP contribution in [0.5, 0.6) is 0 Å². The van der Waals surface area contributed by atoms with Crippen molar-refractivity contribution in [2.45, 2.75) is 26.2 Å². The van der Waals surface area contributed by atoms with Gasteiger partial charge in [0.15, 0.2) is 0 Å². The van der Waals surface area contributed by atoms with Crippen LogP contribution in [0.3, 0.4) is 0 Å². The van der Waals surface area contributed by atoms with Crippen molar-refractivity contribution in [1.82, 2.24) is 4.98 Å². The summed E-state index contributed by atoms with van der Waals surface area (Å²) >= 11 is 0. The van der Waals surface area contributed by atoms with Crippen molar-refractivity contribution in [3.05, 3.63) is 133 Å². The minimum absolute atomic E-state index is 0.0616. The molecule has 0 saturated heterocycles. The van der Waals surface area contributed by atoms with Gasteiger partial charge in [-0.05, 0) is 70.6 Å². The van der Waals surface area contributed by atoms with E-state index in [1.165, 1.54) is 38.5 Å². The number of H-pyrrole nitrogens is 1. The molecule has 4 heteroatoms. The molecule has 4 nitrogen and oxygen atoms in total. The van der Waals surface area contributed by atoms with Gasteiger partial charge >= 0.3 is 0 Å². The van der Waals surface area contributed by atoms with Gasteiger partial charge in [0.1, 0.15) is 5.58 Å². The smallest absolute Gasteiger partial charge is 0.133 e. The summed E-state index contributed by atoms with van der Waals surface area (Å²) in [4.78, 5) is 3.38. The van der Waals surface area contributed by atoms with E-state index in [-0.39, 0.29) is 5.41 Å². The fraction of sp³-hybridized carbons (Fsp3) is 0.111. The highest BCUT2D eigenvalue weighted by Gasteiger charge is 2.19. The molecule has 2 aromatic heterocycles. The molecule has 0 amide bonds. The van der Waals surface area contributed by atoms with E-state index in [1.54, 1.807) is 6.26 Å². The van der Waals surface area contributed by atoms with Crippen LogP contribution in [0.2, 0.25) is 0 Å².